The van der Waals surface area contributed by atoms with Crippen molar-refractivity contribution in [1.29, 1.82) is 0 Å². The molecule has 0 unspecified atom stereocenters. The number of methoxy groups -OCH3 is 1. The van der Waals surface area contributed by atoms with E-state index in [0.717, 1.165) is 4.90 Å². The van der Waals surface area contributed by atoms with Gasteiger partial charge in [0.25, 0.3) is 0 Å². The highest BCUT2D eigenvalue weighted by molar-refractivity contribution is 6.01. The summed E-state index contributed by atoms with van der Waals surface area (Å²) < 4.78 is 4.25. The zero-order valence-electron chi connectivity index (χ0n) is 10.7. The summed E-state index contributed by atoms with van der Waals surface area (Å²) in [6.07, 6.45) is -0.396. The number of amides is 3. The minimum absolute atomic E-state index is 0.00463. The van der Waals surface area contributed by atoms with Crippen LogP contribution < -0.4 is 5.32 Å². The highest BCUT2D eigenvalue weighted by atomic mass is 16.5. The van der Waals surface area contributed by atoms with Gasteiger partial charge in [-0.2, -0.15) is 0 Å². The topological polar surface area (TPSA) is 92.8 Å². The molecule has 17 heavy (non-hydrogen) atoms. The van der Waals surface area contributed by atoms with E-state index in [9.17, 15) is 19.2 Å². The third kappa shape index (κ3) is 10.4. The first-order chi connectivity index (χ1) is 7.76. The number of esters is 1. The van der Waals surface area contributed by atoms with E-state index >= 15 is 0 Å². The molecule has 0 heterocycles. The lowest BCUT2D eigenvalue weighted by Crippen LogP contribution is -2.32. The number of hydrogen-bond acceptors (Lipinski definition) is 5. The Labute approximate surface area is 100 Å². The number of ether oxygens (including phenoxy) is 1. The van der Waals surface area contributed by atoms with E-state index in [0.29, 0.717) is 0 Å². The molecule has 0 aliphatic carbocycles. The summed E-state index contributed by atoms with van der Waals surface area (Å²) in [6.45, 7) is 2.72. The zero-order chi connectivity index (χ0) is 14.0. The molecule has 1 N–H and O–H groups in total. The molecule has 0 aromatic carbocycles. The Kier molecular flexibility index (Phi) is 9.58. The number of nitrogens with zero attached hydrogens (tertiary/aromatic N) is 1. The third-order valence-electron chi connectivity index (χ3n) is 1.72. The maximum Gasteiger partial charge on any atom is 0.315 e. The van der Waals surface area contributed by atoms with E-state index < -0.39 is 24.2 Å². The quantitative estimate of drug-likeness (QED) is 0.514. The van der Waals surface area contributed by atoms with Gasteiger partial charge in [-0.05, 0) is 0 Å². The van der Waals surface area contributed by atoms with Crippen molar-refractivity contribution in [2.24, 2.45) is 0 Å². The summed E-state index contributed by atoms with van der Waals surface area (Å²) in [5.74, 6) is -1.60. The van der Waals surface area contributed by atoms with Crippen LogP contribution in [-0.4, -0.2) is 49.8 Å². The van der Waals surface area contributed by atoms with E-state index in [1.807, 2.05) is 0 Å². The molecule has 98 valence electrons. The highest BCUT2D eigenvalue weighted by Gasteiger charge is 2.16. The Morgan fingerprint density at radius 1 is 1.18 bits per heavy atom. The predicted octanol–water partition coefficient (Wildman–Crippen LogP) is -0.693. The predicted molar refractivity (Wildman–Crippen MR) is 59.8 cm³/mol. The van der Waals surface area contributed by atoms with Crippen LogP contribution in [0.5, 0.6) is 0 Å². The molecular weight excluding hydrogens is 228 g/mol. The largest absolute Gasteiger partial charge is 0.469 e. The molecular formula is C10H18N2O5. The first-order valence-corrected chi connectivity index (χ1v) is 4.78. The zero-order valence-corrected chi connectivity index (χ0v) is 10.7. The van der Waals surface area contributed by atoms with Gasteiger partial charge in [0.05, 0.1) is 7.11 Å². The average Bonchev–Trinajstić information content (AvgIpc) is 2.28. The van der Waals surface area contributed by atoms with Gasteiger partial charge < -0.3 is 10.1 Å². The van der Waals surface area contributed by atoms with Crippen molar-refractivity contribution in [2.75, 3.05) is 21.2 Å². The number of hydrogen-bond donors (Lipinski definition) is 1. The van der Waals surface area contributed by atoms with Crippen molar-refractivity contribution in [3.05, 3.63) is 0 Å². The molecule has 0 saturated carbocycles. The highest BCUT2D eigenvalue weighted by Crippen LogP contribution is 1.92. The van der Waals surface area contributed by atoms with Gasteiger partial charge in [-0.3, -0.25) is 24.1 Å². The number of rotatable bonds is 2. The van der Waals surface area contributed by atoms with Crippen LogP contribution in [0.15, 0.2) is 0 Å². The summed E-state index contributed by atoms with van der Waals surface area (Å²) in [4.78, 5) is 42.7. The Morgan fingerprint density at radius 2 is 1.59 bits per heavy atom. The van der Waals surface area contributed by atoms with Gasteiger partial charge in [-0.25, -0.2) is 0 Å². The molecule has 0 spiro atoms. The summed E-state index contributed by atoms with van der Waals surface area (Å²) in [5, 5.41) is 2.39. The SMILES string of the molecule is CNC(C)=O.COC(=O)CC(=O)N(C)C(C)=O. The van der Waals surface area contributed by atoms with Gasteiger partial charge in [-0.15, -0.1) is 0 Å². The van der Waals surface area contributed by atoms with Gasteiger partial charge in [0.15, 0.2) is 0 Å². The number of imide groups is 1. The standard InChI is InChI=1S/C7H11NO4.C3H7NO/c1-5(9)8(2)6(10)4-7(11)12-3;1-3(5)4-2/h4H2,1-3H3;1-2H3,(H,4,5). The molecule has 0 atom stereocenters. The molecule has 7 nitrogen and oxygen atoms in total. The first kappa shape index (κ1) is 17.5. The van der Waals surface area contributed by atoms with Crippen molar-refractivity contribution in [3.63, 3.8) is 0 Å². The molecule has 0 radical (unpaired) electrons. The minimum atomic E-state index is -0.645. The summed E-state index contributed by atoms with van der Waals surface area (Å²) in [5.41, 5.74) is 0. The number of carbonyl (C=O) groups is 4. The summed E-state index contributed by atoms with van der Waals surface area (Å²) in [6, 6.07) is 0. The lowest BCUT2D eigenvalue weighted by Gasteiger charge is -2.10. The minimum Gasteiger partial charge on any atom is -0.469 e. The van der Waals surface area contributed by atoms with Crippen molar-refractivity contribution >= 4 is 23.7 Å². The van der Waals surface area contributed by atoms with E-state index in [4.69, 9.17) is 0 Å². The van der Waals surface area contributed by atoms with Crippen molar-refractivity contribution in [2.45, 2.75) is 20.3 Å². The van der Waals surface area contributed by atoms with Crippen LogP contribution in [0, 0.1) is 0 Å². The molecule has 7 heteroatoms. The lowest BCUT2D eigenvalue weighted by atomic mass is 10.4. The first-order valence-electron chi connectivity index (χ1n) is 4.78. The Balaban J connectivity index is 0. The van der Waals surface area contributed by atoms with Gasteiger partial charge in [0, 0.05) is 27.9 Å². The molecule has 0 bridgehead atoms. The third-order valence-corrected chi connectivity index (χ3v) is 1.72. The van der Waals surface area contributed by atoms with Gasteiger partial charge in [0.1, 0.15) is 6.42 Å². The number of nitrogens with one attached hydrogen (secondary N) is 1. The fourth-order valence-electron chi connectivity index (χ4n) is 0.490. The molecule has 0 aromatic rings. The molecule has 3 amide bonds. The lowest BCUT2D eigenvalue weighted by molar-refractivity contribution is -0.149. The van der Waals surface area contributed by atoms with Crippen LogP contribution >= 0.6 is 0 Å². The molecule has 0 aromatic heterocycles. The van der Waals surface area contributed by atoms with Gasteiger partial charge in [-0.1, -0.05) is 0 Å². The van der Waals surface area contributed by atoms with E-state index in [1.54, 1.807) is 7.05 Å². The smallest absolute Gasteiger partial charge is 0.315 e. The Bertz CT molecular complexity index is 301. The fraction of sp³-hybridized carbons (Fsp3) is 0.600. The van der Waals surface area contributed by atoms with Crippen LogP contribution in [0.25, 0.3) is 0 Å². The normalized spacial score (nSPS) is 8.29. The number of carbonyl (C=O) groups excluding carboxylic acids is 4. The van der Waals surface area contributed by atoms with Crippen molar-refractivity contribution < 1.29 is 23.9 Å². The van der Waals surface area contributed by atoms with E-state index in [1.165, 1.54) is 28.0 Å². The Morgan fingerprint density at radius 3 is 1.82 bits per heavy atom. The maximum atomic E-state index is 11.0. The second kappa shape index (κ2) is 9.32. The Hall–Kier alpha value is -1.92. The van der Waals surface area contributed by atoms with Crippen LogP contribution in [0.1, 0.15) is 20.3 Å². The van der Waals surface area contributed by atoms with Crippen LogP contribution in [0.3, 0.4) is 0 Å². The van der Waals surface area contributed by atoms with Crippen LogP contribution in [0.4, 0.5) is 0 Å². The molecule has 0 aliphatic heterocycles. The fourth-order valence-corrected chi connectivity index (χ4v) is 0.490. The molecule has 0 saturated heterocycles. The van der Waals surface area contributed by atoms with Gasteiger partial charge >= 0.3 is 5.97 Å². The van der Waals surface area contributed by atoms with E-state index in [2.05, 4.69) is 10.1 Å². The monoisotopic (exact) mass is 246 g/mol. The molecule has 0 rings (SSSR count). The summed E-state index contributed by atoms with van der Waals surface area (Å²) in [7, 11) is 4.10. The van der Waals surface area contributed by atoms with Crippen LogP contribution in [0.2, 0.25) is 0 Å². The van der Waals surface area contributed by atoms with Gasteiger partial charge in [0.2, 0.25) is 17.7 Å². The second-order valence-electron chi connectivity index (χ2n) is 3.03. The maximum absolute atomic E-state index is 11.0. The van der Waals surface area contributed by atoms with Crippen molar-refractivity contribution in [1.82, 2.24) is 10.2 Å². The second-order valence-corrected chi connectivity index (χ2v) is 3.03. The van der Waals surface area contributed by atoms with Crippen LogP contribution in [-0.2, 0) is 23.9 Å². The molecule has 0 fully saturated rings. The molecule has 0 aliphatic rings. The van der Waals surface area contributed by atoms with Crippen molar-refractivity contribution in [3.8, 4) is 0 Å². The average molecular weight is 246 g/mol. The summed E-state index contributed by atoms with van der Waals surface area (Å²) >= 11 is 0. The van der Waals surface area contributed by atoms with E-state index in [-0.39, 0.29) is 5.91 Å².